The van der Waals surface area contributed by atoms with E-state index in [1.807, 2.05) is 0 Å². The Kier molecular flexibility index (Phi) is 21.2. The van der Waals surface area contributed by atoms with Gasteiger partial charge in [0.2, 0.25) is 0 Å². The average molecular weight is 1370 g/mol. The van der Waals surface area contributed by atoms with Gasteiger partial charge in [-0.05, 0) is 241 Å². The van der Waals surface area contributed by atoms with E-state index in [4.69, 9.17) is 0 Å². The lowest BCUT2D eigenvalue weighted by molar-refractivity contribution is 1.46. The third-order valence-corrected chi connectivity index (χ3v) is 20.0. The van der Waals surface area contributed by atoms with Crippen LogP contribution in [-0.2, 0) is 0 Å². The standard InChI is InChI=1S/C27H20.2C23H18.2C17H14/c1-19-15-24(23-14-13-20-7-2-3-9-22(20)17-23)18-25(16-19)27-12-6-10-21-8-4-5-11-26(21)27;1-17-14-20(18-8-3-2-4-9-18)16-21(15-17)23-13-7-11-19-10-5-6-12-22(19)23;1-17-13-22(18-7-3-2-4-8-18)16-23(14-17)21-12-11-19-9-5-6-10-20(19)15-21;1-13-6-4-9-15(12-13)17-11-5-8-14-7-2-3-10-16(14)17;1-13-5-4-8-15(11-13)17-10-9-14-6-2-3-7-16(14)12-17/h2-18H,1H3;2*2-16H,1H3;2*2-12H,1H3. The Balaban J connectivity index is 0.000000108. The minimum Gasteiger partial charge on any atom is -0.0622 e. The Bertz CT molecular complexity index is 6290. The van der Waals surface area contributed by atoms with Crippen LogP contribution in [0.15, 0.2) is 419 Å². The Morgan fingerprint density at radius 2 is 0.346 bits per heavy atom. The molecule has 0 fully saturated rings. The van der Waals surface area contributed by atoms with Crippen LogP contribution in [0.4, 0.5) is 0 Å². The highest BCUT2D eigenvalue weighted by Crippen LogP contribution is 2.38. The van der Waals surface area contributed by atoms with E-state index in [1.54, 1.807) is 0 Å². The highest BCUT2D eigenvalue weighted by atomic mass is 14.2. The maximum atomic E-state index is 2.32. The number of fused-ring (bicyclic) bond motifs is 6. The third kappa shape index (κ3) is 16.7. The van der Waals surface area contributed by atoms with Crippen molar-refractivity contribution in [1.82, 2.24) is 0 Å². The molecule has 0 heterocycles. The van der Waals surface area contributed by atoms with Crippen molar-refractivity contribution in [2.45, 2.75) is 34.6 Å². The summed E-state index contributed by atoms with van der Waals surface area (Å²) in [6.45, 7) is 10.8. The normalized spacial score (nSPS) is 10.9. The smallest absolute Gasteiger partial charge is 0.0105 e. The van der Waals surface area contributed by atoms with E-state index < -0.39 is 0 Å². The van der Waals surface area contributed by atoms with Crippen LogP contribution >= 0.6 is 0 Å². The summed E-state index contributed by atoms with van der Waals surface area (Å²) in [5, 5.41) is 15.5. The average Bonchev–Trinajstić information content (AvgIpc) is 0.805. The zero-order valence-corrected chi connectivity index (χ0v) is 61.3. The lowest BCUT2D eigenvalue weighted by atomic mass is 9.93. The molecule has 19 aromatic carbocycles. The van der Waals surface area contributed by atoms with Crippen molar-refractivity contribution in [1.29, 1.82) is 0 Å². The molecule has 0 saturated heterocycles. The van der Waals surface area contributed by atoms with Gasteiger partial charge in [-0.2, -0.15) is 0 Å². The first kappa shape index (κ1) is 69.5. The molecule has 0 amide bonds. The van der Waals surface area contributed by atoms with Crippen molar-refractivity contribution >= 4 is 64.6 Å². The Morgan fingerprint density at radius 1 is 0.112 bits per heavy atom. The van der Waals surface area contributed by atoms with Gasteiger partial charge in [-0.1, -0.05) is 393 Å². The van der Waals surface area contributed by atoms with Crippen LogP contribution < -0.4 is 0 Å². The quantitative estimate of drug-likeness (QED) is 0.142. The van der Waals surface area contributed by atoms with Crippen LogP contribution in [0.25, 0.3) is 154 Å². The molecular weight excluding hydrogens is 1290 g/mol. The molecule has 0 bridgehead atoms. The molecule has 0 atom stereocenters. The topological polar surface area (TPSA) is 0 Å². The SMILES string of the molecule is Cc1cc(-c2ccc3ccccc3c2)cc(-c2cccc3ccccc23)c1.Cc1cc(-c2ccccc2)cc(-c2ccc3ccccc3c2)c1.Cc1cc(-c2ccccc2)cc(-c2cccc3ccccc23)c1.Cc1cccc(-c2ccc3ccccc3c2)c1.Cc1cccc(-c2cccc3ccccc23)c1. The molecule has 512 valence electrons. The summed E-state index contributed by atoms with van der Waals surface area (Å²) in [6.07, 6.45) is 0. The van der Waals surface area contributed by atoms with Crippen molar-refractivity contribution in [3.05, 3.63) is 446 Å². The van der Waals surface area contributed by atoms with Crippen LogP contribution in [0.2, 0.25) is 0 Å². The second-order valence-electron chi connectivity index (χ2n) is 28.0. The Labute approximate surface area is 630 Å². The molecule has 0 N–H and O–H groups in total. The minimum absolute atomic E-state index is 1.26. The van der Waals surface area contributed by atoms with Gasteiger partial charge in [0.05, 0.1) is 0 Å². The first-order valence-corrected chi connectivity index (χ1v) is 37.1. The van der Waals surface area contributed by atoms with Gasteiger partial charge in [0, 0.05) is 0 Å². The monoisotopic (exact) mass is 1370 g/mol. The third-order valence-electron chi connectivity index (χ3n) is 20.0. The molecule has 19 aromatic rings. The van der Waals surface area contributed by atoms with Crippen LogP contribution in [0.1, 0.15) is 27.8 Å². The van der Waals surface area contributed by atoms with Gasteiger partial charge in [0.1, 0.15) is 0 Å². The van der Waals surface area contributed by atoms with E-state index >= 15 is 0 Å². The van der Waals surface area contributed by atoms with E-state index in [2.05, 4.69) is 453 Å². The summed E-state index contributed by atoms with van der Waals surface area (Å²) < 4.78 is 0. The number of hydrogen-bond donors (Lipinski definition) is 0. The maximum Gasteiger partial charge on any atom is -0.0105 e. The Morgan fingerprint density at radius 3 is 0.720 bits per heavy atom. The number of rotatable bonds is 8. The molecule has 0 nitrogen and oxygen atoms in total. The second kappa shape index (κ2) is 32.6. The van der Waals surface area contributed by atoms with Crippen molar-refractivity contribution in [3.63, 3.8) is 0 Å². The number of benzene rings is 19. The van der Waals surface area contributed by atoms with Crippen molar-refractivity contribution < 1.29 is 0 Å². The van der Waals surface area contributed by atoms with Crippen LogP contribution in [0, 0.1) is 34.6 Å². The molecule has 0 radical (unpaired) electrons. The molecule has 0 aliphatic heterocycles. The van der Waals surface area contributed by atoms with Crippen molar-refractivity contribution in [2.75, 3.05) is 0 Å². The lowest BCUT2D eigenvalue weighted by Crippen LogP contribution is -1.86. The predicted molar refractivity (Wildman–Crippen MR) is 464 cm³/mol. The van der Waals surface area contributed by atoms with E-state index in [9.17, 15) is 0 Å². The largest absolute Gasteiger partial charge is 0.0622 e. The first-order chi connectivity index (χ1) is 52.5. The summed E-state index contributed by atoms with van der Waals surface area (Å²) in [7, 11) is 0. The molecule has 0 aliphatic carbocycles. The van der Waals surface area contributed by atoms with E-state index in [-0.39, 0.29) is 0 Å². The lowest BCUT2D eigenvalue weighted by Gasteiger charge is -2.11. The number of aryl methyl sites for hydroxylation is 5. The zero-order valence-electron chi connectivity index (χ0n) is 61.3. The van der Waals surface area contributed by atoms with E-state index in [0.717, 1.165) is 0 Å². The molecule has 0 spiro atoms. The summed E-state index contributed by atoms with van der Waals surface area (Å²) in [4.78, 5) is 0. The maximum absolute atomic E-state index is 2.32. The number of hydrogen-bond acceptors (Lipinski definition) is 0. The highest BCUT2D eigenvalue weighted by molar-refractivity contribution is 6.00. The Hall–Kier alpha value is -13.3. The molecule has 0 heteroatoms. The second-order valence-corrected chi connectivity index (χ2v) is 28.0. The fraction of sp³-hybridized carbons (Fsp3) is 0.0467. The fourth-order valence-corrected chi connectivity index (χ4v) is 14.8. The van der Waals surface area contributed by atoms with Gasteiger partial charge in [-0.15, -0.1) is 0 Å². The summed E-state index contributed by atoms with van der Waals surface area (Å²) in [6, 6.07) is 150. The first-order valence-electron chi connectivity index (χ1n) is 37.1. The van der Waals surface area contributed by atoms with Crippen LogP contribution in [-0.4, -0.2) is 0 Å². The summed E-state index contributed by atoms with van der Waals surface area (Å²) in [5.74, 6) is 0. The van der Waals surface area contributed by atoms with Gasteiger partial charge >= 0.3 is 0 Å². The van der Waals surface area contributed by atoms with E-state index in [1.165, 1.54) is 181 Å². The summed E-state index contributed by atoms with van der Waals surface area (Å²) >= 11 is 0. The molecule has 0 saturated carbocycles. The van der Waals surface area contributed by atoms with E-state index in [0.29, 0.717) is 0 Å². The molecule has 0 unspecified atom stereocenters. The van der Waals surface area contributed by atoms with Gasteiger partial charge in [-0.25, -0.2) is 0 Å². The van der Waals surface area contributed by atoms with Gasteiger partial charge in [-0.3, -0.25) is 0 Å². The molecule has 0 aromatic heterocycles. The van der Waals surface area contributed by atoms with Crippen LogP contribution in [0.5, 0.6) is 0 Å². The van der Waals surface area contributed by atoms with Crippen molar-refractivity contribution in [3.8, 4) is 89.0 Å². The van der Waals surface area contributed by atoms with Gasteiger partial charge in [0.15, 0.2) is 0 Å². The van der Waals surface area contributed by atoms with Crippen LogP contribution in [0.3, 0.4) is 0 Å². The summed E-state index contributed by atoms with van der Waals surface area (Å²) in [5.41, 5.74) is 26.9. The van der Waals surface area contributed by atoms with Gasteiger partial charge < -0.3 is 0 Å². The zero-order chi connectivity index (χ0) is 72.8. The molecule has 107 heavy (non-hydrogen) atoms. The van der Waals surface area contributed by atoms with Gasteiger partial charge in [0.25, 0.3) is 0 Å². The highest BCUT2D eigenvalue weighted by Gasteiger charge is 2.12. The molecule has 0 aliphatic rings. The fourth-order valence-electron chi connectivity index (χ4n) is 14.8. The molecular formula is C107H84. The van der Waals surface area contributed by atoms with Crippen molar-refractivity contribution in [2.24, 2.45) is 0 Å². The predicted octanol–water partition coefficient (Wildman–Crippen LogP) is 30.2. The minimum atomic E-state index is 1.26. The molecule has 19 rings (SSSR count).